The lowest BCUT2D eigenvalue weighted by Crippen LogP contribution is -2.22. The van der Waals surface area contributed by atoms with Crippen LogP contribution in [0.1, 0.15) is 35.6 Å². The van der Waals surface area contributed by atoms with Crippen LogP contribution < -0.4 is 5.56 Å². The van der Waals surface area contributed by atoms with Crippen LogP contribution >= 0.6 is 13.5 Å². The quantitative estimate of drug-likeness (QED) is 0.657. The lowest BCUT2D eigenvalue weighted by Gasteiger charge is -2.16. The number of pyridine rings is 1. The second-order valence-corrected chi connectivity index (χ2v) is 7.72. The highest BCUT2D eigenvalue weighted by Crippen LogP contribution is 2.27. The van der Waals surface area contributed by atoms with E-state index in [0.717, 1.165) is 50.2 Å². The summed E-state index contributed by atoms with van der Waals surface area (Å²) in [4.78, 5) is 17.5. The summed E-state index contributed by atoms with van der Waals surface area (Å²) >= 11 is 0. The van der Waals surface area contributed by atoms with Crippen molar-refractivity contribution in [3.8, 4) is 0 Å². The number of rotatable bonds is 5. The number of hydrogen-bond acceptors (Lipinski definition) is 2. The molecule has 1 saturated heterocycles. The highest BCUT2D eigenvalue weighted by molar-refractivity contribution is 7.59. The number of halogens is 2. The molecule has 0 spiro atoms. The van der Waals surface area contributed by atoms with Gasteiger partial charge in [0.25, 0.3) is 5.56 Å². The first-order valence-electron chi connectivity index (χ1n) is 9.80. The maximum Gasteiger partial charge on any atom is 0.259 e. The topological polar surface area (TPSA) is 36.1 Å². The van der Waals surface area contributed by atoms with Gasteiger partial charge in [0.15, 0.2) is 0 Å². The Bertz CT molecular complexity index is 1050. The Morgan fingerprint density at radius 2 is 1.90 bits per heavy atom. The fourth-order valence-electron chi connectivity index (χ4n) is 4.20. The standard InChI is InChI=1S/C23H24F2N2O.H2S/c1-15-4-9-21(25)22-20(15)13-19(26-23(22)28)3-2-11-27-12-10-17(14-27)16-5-7-18(24)8-6-16;/h4-9,13,17H,2-3,10-12,14H2,1H3,(H,26,28);1H2. The largest absolute Gasteiger partial charge is 0.326 e. The van der Waals surface area contributed by atoms with Crippen molar-refractivity contribution in [1.82, 2.24) is 9.88 Å². The predicted octanol–water partition coefficient (Wildman–Crippen LogP) is 4.65. The SMILES string of the molecule is Cc1ccc(F)c2c(=O)[nH]c(CCCN3CCC(c4ccc(F)cc4)C3)cc12.S. The van der Waals surface area contributed by atoms with Gasteiger partial charge in [0, 0.05) is 12.2 Å². The second kappa shape index (κ2) is 9.09. The molecule has 4 rings (SSSR count). The van der Waals surface area contributed by atoms with Crippen LogP contribution in [0.3, 0.4) is 0 Å². The van der Waals surface area contributed by atoms with Gasteiger partial charge >= 0.3 is 0 Å². The molecule has 3 aromatic rings. The summed E-state index contributed by atoms with van der Waals surface area (Å²) < 4.78 is 27.1. The maximum atomic E-state index is 14.0. The Kier molecular flexibility index (Phi) is 6.75. The fourth-order valence-corrected chi connectivity index (χ4v) is 4.20. The van der Waals surface area contributed by atoms with Crippen molar-refractivity contribution in [2.75, 3.05) is 19.6 Å². The third kappa shape index (κ3) is 4.70. The molecule has 1 N–H and O–H groups in total. The average molecular weight is 417 g/mol. The van der Waals surface area contributed by atoms with E-state index in [1.54, 1.807) is 6.07 Å². The number of aromatic amines is 1. The minimum atomic E-state index is -0.475. The lowest BCUT2D eigenvalue weighted by atomic mass is 9.99. The van der Waals surface area contributed by atoms with E-state index in [0.29, 0.717) is 11.3 Å². The molecule has 3 nitrogen and oxygen atoms in total. The first kappa shape index (κ1) is 21.5. The van der Waals surface area contributed by atoms with E-state index in [4.69, 9.17) is 0 Å². The van der Waals surface area contributed by atoms with Gasteiger partial charge < -0.3 is 9.88 Å². The molecule has 0 amide bonds. The monoisotopic (exact) mass is 416 g/mol. The molecule has 0 bridgehead atoms. The second-order valence-electron chi connectivity index (χ2n) is 7.72. The first-order valence-corrected chi connectivity index (χ1v) is 9.80. The number of fused-ring (bicyclic) bond motifs is 1. The number of benzene rings is 2. The number of aryl methyl sites for hydroxylation is 2. The van der Waals surface area contributed by atoms with Crippen molar-refractivity contribution in [3.05, 3.63) is 81.3 Å². The molecule has 0 aliphatic carbocycles. The van der Waals surface area contributed by atoms with E-state index in [-0.39, 0.29) is 30.3 Å². The molecule has 1 aromatic heterocycles. The van der Waals surface area contributed by atoms with Crippen LogP contribution in [-0.4, -0.2) is 29.5 Å². The molecular weight excluding hydrogens is 390 g/mol. The van der Waals surface area contributed by atoms with Crippen molar-refractivity contribution in [2.45, 2.75) is 32.1 Å². The van der Waals surface area contributed by atoms with Crippen molar-refractivity contribution in [3.63, 3.8) is 0 Å². The van der Waals surface area contributed by atoms with E-state index < -0.39 is 5.82 Å². The van der Waals surface area contributed by atoms with Gasteiger partial charge in [-0.25, -0.2) is 8.78 Å². The van der Waals surface area contributed by atoms with Crippen LogP contribution in [0.5, 0.6) is 0 Å². The van der Waals surface area contributed by atoms with Crippen LogP contribution in [0.15, 0.2) is 47.3 Å². The molecule has 1 aliphatic rings. The summed E-state index contributed by atoms with van der Waals surface area (Å²) in [5, 5.41) is 0.835. The zero-order chi connectivity index (χ0) is 19.7. The number of likely N-dealkylation sites (tertiary alicyclic amines) is 1. The Morgan fingerprint density at radius 1 is 1.14 bits per heavy atom. The summed E-state index contributed by atoms with van der Waals surface area (Å²) in [6, 6.07) is 11.8. The molecule has 0 radical (unpaired) electrons. The van der Waals surface area contributed by atoms with Crippen LogP contribution in [0.2, 0.25) is 0 Å². The fraction of sp³-hybridized carbons (Fsp3) is 0.348. The molecule has 1 aliphatic heterocycles. The smallest absolute Gasteiger partial charge is 0.259 e. The van der Waals surface area contributed by atoms with Crippen molar-refractivity contribution in [1.29, 1.82) is 0 Å². The van der Waals surface area contributed by atoms with Gasteiger partial charge in [-0.05, 0) is 86.0 Å². The van der Waals surface area contributed by atoms with Crippen molar-refractivity contribution >= 4 is 24.3 Å². The van der Waals surface area contributed by atoms with Crippen LogP contribution in [-0.2, 0) is 6.42 Å². The number of nitrogens with one attached hydrogen (secondary N) is 1. The minimum Gasteiger partial charge on any atom is -0.326 e. The lowest BCUT2D eigenvalue weighted by molar-refractivity contribution is 0.329. The van der Waals surface area contributed by atoms with E-state index in [1.165, 1.54) is 23.8 Å². The van der Waals surface area contributed by atoms with Gasteiger partial charge in [-0.3, -0.25) is 4.79 Å². The van der Waals surface area contributed by atoms with E-state index >= 15 is 0 Å². The zero-order valence-corrected chi connectivity index (χ0v) is 17.5. The van der Waals surface area contributed by atoms with Gasteiger partial charge in [0.05, 0.1) is 5.39 Å². The summed E-state index contributed by atoms with van der Waals surface area (Å²) in [7, 11) is 0. The van der Waals surface area contributed by atoms with Crippen molar-refractivity contribution in [2.24, 2.45) is 0 Å². The van der Waals surface area contributed by atoms with Crippen molar-refractivity contribution < 1.29 is 8.78 Å². The van der Waals surface area contributed by atoms with E-state index in [9.17, 15) is 13.6 Å². The van der Waals surface area contributed by atoms with Gasteiger partial charge in [-0.15, -0.1) is 0 Å². The number of nitrogens with zero attached hydrogens (tertiary/aromatic N) is 1. The minimum absolute atomic E-state index is 0. The third-order valence-electron chi connectivity index (χ3n) is 5.77. The zero-order valence-electron chi connectivity index (χ0n) is 16.5. The number of hydrogen-bond donors (Lipinski definition) is 1. The Morgan fingerprint density at radius 3 is 2.66 bits per heavy atom. The molecule has 29 heavy (non-hydrogen) atoms. The van der Waals surface area contributed by atoms with Crippen LogP contribution in [0.4, 0.5) is 8.78 Å². The van der Waals surface area contributed by atoms with Crippen LogP contribution in [0, 0.1) is 18.6 Å². The molecule has 2 aromatic carbocycles. The maximum absolute atomic E-state index is 14.0. The van der Waals surface area contributed by atoms with Gasteiger partial charge in [-0.2, -0.15) is 13.5 Å². The molecular formula is C23H26F2N2OS. The molecule has 6 heteroatoms. The molecule has 1 atom stereocenters. The summed E-state index contributed by atoms with van der Waals surface area (Å²) in [6.07, 6.45) is 2.75. The molecule has 0 saturated carbocycles. The number of aromatic nitrogens is 1. The first-order chi connectivity index (χ1) is 13.5. The summed E-state index contributed by atoms with van der Waals surface area (Å²) in [6.45, 7) is 4.84. The predicted molar refractivity (Wildman–Crippen MR) is 118 cm³/mol. The van der Waals surface area contributed by atoms with Gasteiger partial charge in [0.1, 0.15) is 11.6 Å². The summed E-state index contributed by atoms with van der Waals surface area (Å²) in [5.41, 5.74) is 2.59. The summed E-state index contributed by atoms with van der Waals surface area (Å²) in [5.74, 6) is -0.220. The normalized spacial score (nSPS) is 16.9. The third-order valence-corrected chi connectivity index (χ3v) is 5.77. The molecule has 1 fully saturated rings. The highest BCUT2D eigenvalue weighted by atomic mass is 32.1. The highest BCUT2D eigenvalue weighted by Gasteiger charge is 2.23. The van der Waals surface area contributed by atoms with E-state index in [2.05, 4.69) is 9.88 Å². The molecule has 154 valence electrons. The Balaban J connectivity index is 0.00000240. The van der Waals surface area contributed by atoms with Gasteiger partial charge in [0.2, 0.25) is 0 Å². The number of H-pyrrole nitrogens is 1. The van der Waals surface area contributed by atoms with E-state index in [1.807, 2.05) is 25.1 Å². The average Bonchev–Trinajstić information content (AvgIpc) is 3.14. The Hall–Kier alpha value is -2.18. The molecule has 1 unspecified atom stereocenters. The van der Waals surface area contributed by atoms with Gasteiger partial charge in [-0.1, -0.05) is 18.2 Å². The Labute approximate surface area is 176 Å². The van der Waals surface area contributed by atoms with Crippen LogP contribution in [0.25, 0.3) is 10.8 Å². The molecule has 2 heterocycles.